The van der Waals surface area contributed by atoms with E-state index in [1.54, 1.807) is 0 Å². The lowest BCUT2D eigenvalue weighted by Crippen LogP contribution is -2.29. The fraction of sp³-hybridized carbons (Fsp3) is 0.780. The van der Waals surface area contributed by atoms with Crippen molar-refractivity contribution >= 4 is 19.8 Å². The monoisotopic (exact) mass is 1310 g/mol. The topological polar surface area (TPSA) is 134 Å². The summed E-state index contributed by atoms with van der Waals surface area (Å²) in [6.45, 7) is 3.69. The van der Waals surface area contributed by atoms with Crippen LogP contribution in [-0.4, -0.2) is 49.3 Å². The number of phosphoric acid groups is 1. The molecule has 0 bridgehead atoms. The third-order valence-electron chi connectivity index (χ3n) is 17.2. The molecule has 0 radical (unpaired) electrons. The van der Waals surface area contributed by atoms with Gasteiger partial charge in [0.15, 0.2) is 6.10 Å². The first kappa shape index (κ1) is 88.9. The Morgan fingerprint density at radius 1 is 0.337 bits per heavy atom. The number of hydrogen-bond donors (Lipinski definition) is 2. The number of unbranched alkanes of at least 4 members (excludes halogenated alkanes) is 45. The fourth-order valence-electron chi connectivity index (χ4n) is 11.5. The Hall–Kier alpha value is -3.07. The van der Waals surface area contributed by atoms with Crippen LogP contribution < -0.4 is 5.73 Å². The van der Waals surface area contributed by atoms with Crippen LogP contribution in [0.15, 0.2) is 97.2 Å². The minimum absolute atomic E-state index is 0.0516. The van der Waals surface area contributed by atoms with Gasteiger partial charge in [0.05, 0.1) is 13.2 Å². The third kappa shape index (κ3) is 76.0. The van der Waals surface area contributed by atoms with Gasteiger partial charge >= 0.3 is 19.8 Å². The van der Waals surface area contributed by atoms with E-state index in [1.165, 1.54) is 257 Å². The number of hydrogen-bond acceptors (Lipinski definition) is 8. The highest BCUT2D eigenvalue weighted by Crippen LogP contribution is 2.43. The Bertz CT molecular complexity index is 1830. The summed E-state index contributed by atoms with van der Waals surface area (Å²) in [5.41, 5.74) is 5.41. The molecule has 10 heteroatoms. The molecule has 0 aromatic carbocycles. The molecule has 2 atom stereocenters. The van der Waals surface area contributed by atoms with E-state index in [-0.39, 0.29) is 38.6 Å². The Morgan fingerprint density at radius 2 is 0.598 bits per heavy atom. The molecule has 0 rings (SSSR count). The van der Waals surface area contributed by atoms with Crippen LogP contribution in [0.25, 0.3) is 0 Å². The predicted molar refractivity (Wildman–Crippen MR) is 399 cm³/mol. The summed E-state index contributed by atoms with van der Waals surface area (Å²) < 4.78 is 33.3. The van der Waals surface area contributed by atoms with Crippen molar-refractivity contribution in [2.24, 2.45) is 5.73 Å². The molecule has 92 heavy (non-hydrogen) atoms. The molecule has 0 aliphatic rings. The molecule has 0 saturated carbocycles. The van der Waals surface area contributed by atoms with E-state index in [1.807, 2.05) is 0 Å². The molecular weight excluding hydrogens is 1160 g/mol. The van der Waals surface area contributed by atoms with Crippen LogP contribution in [0.4, 0.5) is 0 Å². The standard InChI is InChI=1S/C82H148NO8P/c1-3-5-7-9-11-13-15-17-19-21-23-25-27-29-31-33-35-37-39-40-41-43-45-47-49-51-53-55-57-59-61-63-65-67-69-71-73-75-82(85)91-80(79-90-92(86,87)89-77-76-83)78-88-81(84)74-72-70-68-66-64-62-60-58-56-54-52-50-48-46-44-42-38-36-34-32-30-28-26-24-22-20-18-16-14-12-10-8-6-4-2/h5,7,11,13,17,19,23,25,29,31,35,37,40-41,45,47,80H,3-4,6,8-10,12,14-16,18,20-22,24,26-28,30,32-34,36,38-39,42-44,46,48-79,83H2,1-2H3,(H,86,87)/b7-5-,13-11-,19-17-,25-23-,31-29-,37-35-,41-40-,47-45-. The molecular formula is C82H148NO8P. The summed E-state index contributed by atoms with van der Waals surface area (Å²) in [6.07, 6.45) is 105. The van der Waals surface area contributed by atoms with Crippen LogP contribution in [0, 0.1) is 0 Å². The van der Waals surface area contributed by atoms with Crippen molar-refractivity contribution in [3.05, 3.63) is 97.2 Å². The van der Waals surface area contributed by atoms with Crippen molar-refractivity contribution in [1.82, 2.24) is 0 Å². The first-order valence-electron chi connectivity index (χ1n) is 39.2. The van der Waals surface area contributed by atoms with E-state index in [2.05, 4.69) is 111 Å². The van der Waals surface area contributed by atoms with Crippen LogP contribution in [0.3, 0.4) is 0 Å². The maximum Gasteiger partial charge on any atom is 0.472 e. The number of carbonyl (C=O) groups excluding carboxylic acids is 2. The Labute approximate surface area is 569 Å². The minimum Gasteiger partial charge on any atom is -0.462 e. The Morgan fingerprint density at radius 3 is 0.891 bits per heavy atom. The number of phosphoric ester groups is 1. The van der Waals surface area contributed by atoms with Gasteiger partial charge in [0.2, 0.25) is 0 Å². The number of carbonyl (C=O) groups is 2. The molecule has 0 aromatic rings. The second-order valence-electron chi connectivity index (χ2n) is 26.2. The maximum absolute atomic E-state index is 12.8. The first-order chi connectivity index (χ1) is 45.3. The summed E-state index contributed by atoms with van der Waals surface area (Å²) >= 11 is 0. The van der Waals surface area contributed by atoms with Gasteiger partial charge in [-0.05, 0) is 77.0 Å². The van der Waals surface area contributed by atoms with Gasteiger partial charge in [-0.25, -0.2) is 4.57 Å². The van der Waals surface area contributed by atoms with Crippen LogP contribution in [-0.2, 0) is 32.7 Å². The van der Waals surface area contributed by atoms with Gasteiger partial charge < -0.3 is 20.1 Å². The molecule has 9 nitrogen and oxygen atoms in total. The Kier molecular flexibility index (Phi) is 74.4. The summed E-state index contributed by atoms with van der Waals surface area (Å²) in [7, 11) is -4.40. The predicted octanol–water partition coefficient (Wildman–Crippen LogP) is 26.3. The van der Waals surface area contributed by atoms with E-state index in [0.29, 0.717) is 6.42 Å². The van der Waals surface area contributed by atoms with E-state index < -0.39 is 26.5 Å². The van der Waals surface area contributed by atoms with Crippen LogP contribution in [0.2, 0.25) is 0 Å². The average molecular weight is 1310 g/mol. The quantitative estimate of drug-likeness (QED) is 0.0264. The van der Waals surface area contributed by atoms with Gasteiger partial charge in [0.25, 0.3) is 0 Å². The van der Waals surface area contributed by atoms with Gasteiger partial charge in [-0.1, -0.05) is 387 Å². The van der Waals surface area contributed by atoms with Crippen molar-refractivity contribution < 1.29 is 37.6 Å². The number of ether oxygens (including phenoxy) is 2. The summed E-state index contributed by atoms with van der Waals surface area (Å²) in [5.74, 6) is -0.816. The molecule has 534 valence electrons. The van der Waals surface area contributed by atoms with Crippen molar-refractivity contribution in [2.75, 3.05) is 26.4 Å². The zero-order valence-corrected chi connectivity index (χ0v) is 61.2. The van der Waals surface area contributed by atoms with Gasteiger partial charge in [-0.15, -0.1) is 0 Å². The number of esters is 2. The molecule has 0 fully saturated rings. The molecule has 0 heterocycles. The highest BCUT2D eigenvalue weighted by Gasteiger charge is 2.26. The molecule has 0 amide bonds. The maximum atomic E-state index is 12.8. The lowest BCUT2D eigenvalue weighted by atomic mass is 10.0. The van der Waals surface area contributed by atoms with Gasteiger partial charge in [0.1, 0.15) is 6.61 Å². The van der Waals surface area contributed by atoms with Crippen LogP contribution >= 0.6 is 7.82 Å². The molecule has 3 N–H and O–H groups in total. The second-order valence-corrected chi connectivity index (χ2v) is 27.7. The third-order valence-corrected chi connectivity index (χ3v) is 18.2. The van der Waals surface area contributed by atoms with Crippen LogP contribution in [0.5, 0.6) is 0 Å². The average Bonchev–Trinajstić information content (AvgIpc) is 3.01. The van der Waals surface area contributed by atoms with Crippen molar-refractivity contribution in [1.29, 1.82) is 0 Å². The summed E-state index contributed by atoms with van der Waals surface area (Å²) in [6, 6.07) is 0. The smallest absolute Gasteiger partial charge is 0.462 e. The minimum atomic E-state index is -4.40. The molecule has 0 saturated heterocycles. The number of allylic oxidation sites excluding steroid dienone is 16. The second kappa shape index (κ2) is 76.9. The lowest BCUT2D eigenvalue weighted by Gasteiger charge is -2.19. The zero-order valence-electron chi connectivity index (χ0n) is 60.3. The molecule has 0 spiro atoms. The summed E-state index contributed by atoms with van der Waals surface area (Å²) in [4.78, 5) is 35.4. The molecule has 0 aromatic heterocycles. The molecule has 0 aliphatic heterocycles. The molecule has 0 aliphatic carbocycles. The molecule has 2 unspecified atom stereocenters. The van der Waals surface area contributed by atoms with E-state index in [0.717, 1.165) is 89.9 Å². The van der Waals surface area contributed by atoms with E-state index in [9.17, 15) is 19.0 Å². The van der Waals surface area contributed by atoms with Crippen molar-refractivity contribution in [2.45, 2.75) is 386 Å². The highest BCUT2D eigenvalue weighted by molar-refractivity contribution is 7.47. The van der Waals surface area contributed by atoms with Crippen LogP contribution in [0.1, 0.15) is 380 Å². The normalized spacial score (nSPS) is 13.4. The van der Waals surface area contributed by atoms with E-state index in [4.69, 9.17) is 24.3 Å². The highest BCUT2D eigenvalue weighted by atomic mass is 31.2. The first-order valence-corrected chi connectivity index (χ1v) is 40.7. The number of nitrogens with two attached hydrogens (primary N) is 1. The van der Waals surface area contributed by atoms with Crippen molar-refractivity contribution in [3.8, 4) is 0 Å². The van der Waals surface area contributed by atoms with Gasteiger partial charge in [-0.2, -0.15) is 0 Å². The van der Waals surface area contributed by atoms with Gasteiger partial charge in [-0.3, -0.25) is 18.6 Å². The Balaban J connectivity index is 3.83. The fourth-order valence-corrected chi connectivity index (χ4v) is 12.2. The van der Waals surface area contributed by atoms with Crippen molar-refractivity contribution in [3.63, 3.8) is 0 Å². The SMILES string of the molecule is CC/C=C\C/C=C\C/C=C\C/C=C\C/C=C\C/C=C\C/C=C\C/C=C\CCCCCCCCCCCCCCC(=O)OC(COC(=O)CCCCCCCCCCCCCCCCCCCCCCCCCCCCCCCCCCCC)COP(=O)(O)OCCN. The lowest BCUT2D eigenvalue weighted by molar-refractivity contribution is -0.161. The largest absolute Gasteiger partial charge is 0.472 e. The zero-order chi connectivity index (χ0) is 66.5. The number of rotatable bonds is 74. The van der Waals surface area contributed by atoms with Gasteiger partial charge in [0, 0.05) is 19.4 Å². The summed E-state index contributed by atoms with van der Waals surface area (Å²) in [5, 5.41) is 0. The van der Waals surface area contributed by atoms with E-state index >= 15 is 0 Å².